The first kappa shape index (κ1) is 23.1. The van der Waals surface area contributed by atoms with E-state index in [-0.39, 0.29) is 6.10 Å². The van der Waals surface area contributed by atoms with Gasteiger partial charge in [-0.15, -0.1) is 0 Å². The van der Waals surface area contributed by atoms with Crippen LogP contribution in [0.2, 0.25) is 0 Å². The predicted octanol–water partition coefficient (Wildman–Crippen LogP) is 3.55. The summed E-state index contributed by atoms with van der Waals surface area (Å²) in [5.74, 6) is -0.594. The number of aryl methyl sites for hydroxylation is 1. The van der Waals surface area contributed by atoms with Crippen LogP contribution in [0.4, 0.5) is 0 Å². The van der Waals surface area contributed by atoms with Crippen LogP contribution in [-0.2, 0) is 20.7 Å². The van der Waals surface area contributed by atoms with Crippen LogP contribution < -0.4 is 15.7 Å². The summed E-state index contributed by atoms with van der Waals surface area (Å²) in [6.07, 6.45) is -0.901. The van der Waals surface area contributed by atoms with Gasteiger partial charge in [-0.25, -0.2) is 9.59 Å². The lowest BCUT2D eigenvalue weighted by molar-refractivity contribution is -0.152. The molecule has 1 aromatic heterocycles. The van der Waals surface area contributed by atoms with Crippen LogP contribution in [0.1, 0.15) is 31.9 Å². The average molecular weight is 437 g/mol. The van der Waals surface area contributed by atoms with Crippen LogP contribution in [0.25, 0.3) is 11.0 Å². The molecule has 0 saturated heterocycles. The summed E-state index contributed by atoms with van der Waals surface area (Å²) in [6, 6.07) is 15.0. The van der Waals surface area contributed by atoms with Gasteiger partial charge in [0, 0.05) is 23.9 Å². The Bertz CT molecular complexity index is 1150. The van der Waals surface area contributed by atoms with Crippen LogP contribution in [0.5, 0.6) is 5.75 Å². The van der Waals surface area contributed by atoms with Crippen molar-refractivity contribution in [2.24, 2.45) is 0 Å². The molecular formula is C25H27NO6. The molecule has 1 N–H and O–H groups in total. The van der Waals surface area contributed by atoms with Crippen molar-refractivity contribution in [1.82, 2.24) is 5.32 Å². The molecule has 1 unspecified atom stereocenters. The van der Waals surface area contributed by atoms with E-state index >= 15 is 0 Å². The van der Waals surface area contributed by atoms with Gasteiger partial charge in [0.25, 0.3) is 5.91 Å². The summed E-state index contributed by atoms with van der Waals surface area (Å²) >= 11 is 0. The molecule has 3 aromatic rings. The highest BCUT2D eigenvalue weighted by Crippen LogP contribution is 2.23. The van der Waals surface area contributed by atoms with Crippen molar-refractivity contribution in [3.05, 3.63) is 76.1 Å². The van der Waals surface area contributed by atoms with Gasteiger partial charge in [0.1, 0.15) is 17.4 Å². The van der Waals surface area contributed by atoms with Gasteiger partial charge in [-0.05, 0) is 51.0 Å². The molecule has 7 heteroatoms. The number of amides is 1. The Morgan fingerprint density at radius 2 is 1.75 bits per heavy atom. The predicted molar refractivity (Wildman–Crippen MR) is 121 cm³/mol. The zero-order valence-corrected chi connectivity index (χ0v) is 18.6. The minimum Gasteiger partial charge on any atom is -0.481 e. The third-order valence-corrected chi connectivity index (χ3v) is 4.84. The number of nitrogens with one attached hydrogen (secondary N) is 1. The number of esters is 1. The maximum Gasteiger partial charge on any atom is 0.336 e. The largest absolute Gasteiger partial charge is 0.481 e. The first-order chi connectivity index (χ1) is 15.2. The molecule has 2 atom stereocenters. The van der Waals surface area contributed by atoms with Crippen molar-refractivity contribution in [1.29, 1.82) is 0 Å². The molecule has 1 heterocycles. The standard InChI is InChI=1S/C25H27NO6/c1-15(2)30-25(29)21(13-18-8-6-5-7-9-18)26-24(28)17(4)31-19-10-11-20-16(3)12-23(27)32-22(20)14-19/h5-12,14-15,17,21H,13H2,1-4H3,(H,26,28)/t17?,21-/m1/s1. The molecule has 0 spiro atoms. The molecule has 0 aliphatic heterocycles. The van der Waals surface area contributed by atoms with Crippen molar-refractivity contribution < 1.29 is 23.5 Å². The molecule has 168 valence electrons. The molecule has 0 radical (unpaired) electrons. The Kier molecular flexibility index (Phi) is 7.30. The Labute approximate surface area is 186 Å². The smallest absolute Gasteiger partial charge is 0.336 e. The minimum atomic E-state index is -0.894. The Morgan fingerprint density at radius 3 is 2.44 bits per heavy atom. The third-order valence-electron chi connectivity index (χ3n) is 4.84. The van der Waals surface area contributed by atoms with Crippen molar-refractivity contribution in [2.75, 3.05) is 0 Å². The van der Waals surface area contributed by atoms with E-state index in [0.717, 1.165) is 16.5 Å². The average Bonchev–Trinajstić information content (AvgIpc) is 2.73. The minimum absolute atomic E-state index is 0.297. The van der Waals surface area contributed by atoms with Crippen LogP contribution in [0.15, 0.2) is 63.8 Å². The van der Waals surface area contributed by atoms with Gasteiger partial charge in [-0.3, -0.25) is 4.79 Å². The lowest BCUT2D eigenvalue weighted by atomic mass is 10.1. The van der Waals surface area contributed by atoms with E-state index < -0.39 is 29.6 Å². The van der Waals surface area contributed by atoms with Crippen molar-refractivity contribution >= 4 is 22.8 Å². The summed E-state index contributed by atoms with van der Waals surface area (Å²) in [6.45, 7) is 6.91. The Balaban J connectivity index is 1.73. The number of rotatable bonds is 8. The van der Waals surface area contributed by atoms with Crippen LogP contribution in [0.3, 0.4) is 0 Å². The van der Waals surface area contributed by atoms with E-state index in [1.807, 2.05) is 37.3 Å². The Hall–Kier alpha value is -3.61. The van der Waals surface area contributed by atoms with Crippen LogP contribution >= 0.6 is 0 Å². The van der Waals surface area contributed by atoms with Gasteiger partial charge in [0.05, 0.1) is 6.10 Å². The lowest BCUT2D eigenvalue weighted by Gasteiger charge is -2.22. The summed E-state index contributed by atoms with van der Waals surface area (Å²) in [4.78, 5) is 37.0. The number of carbonyl (C=O) groups excluding carboxylic acids is 2. The highest BCUT2D eigenvalue weighted by atomic mass is 16.5. The summed E-state index contributed by atoms with van der Waals surface area (Å²) in [5.41, 5.74) is 1.61. The highest BCUT2D eigenvalue weighted by molar-refractivity contribution is 5.87. The highest BCUT2D eigenvalue weighted by Gasteiger charge is 2.26. The number of hydrogen-bond donors (Lipinski definition) is 1. The first-order valence-electron chi connectivity index (χ1n) is 10.5. The first-order valence-corrected chi connectivity index (χ1v) is 10.5. The van der Waals surface area contributed by atoms with Gasteiger partial charge >= 0.3 is 11.6 Å². The van der Waals surface area contributed by atoms with Crippen LogP contribution in [-0.4, -0.2) is 30.1 Å². The van der Waals surface area contributed by atoms with Gasteiger partial charge in [0.2, 0.25) is 0 Å². The molecule has 32 heavy (non-hydrogen) atoms. The molecule has 2 aromatic carbocycles. The van der Waals surface area contributed by atoms with E-state index in [1.165, 1.54) is 6.07 Å². The fraction of sp³-hybridized carbons (Fsp3) is 0.320. The molecular weight excluding hydrogens is 410 g/mol. The molecule has 1 amide bonds. The number of benzene rings is 2. The van der Waals surface area contributed by atoms with Gasteiger partial charge in [0.15, 0.2) is 6.10 Å². The van der Waals surface area contributed by atoms with E-state index in [9.17, 15) is 14.4 Å². The van der Waals surface area contributed by atoms with Gasteiger partial charge in [-0.2, -0.15) is 0 Å². The van der Waals surface area contributed by atoms with E-state index in [1.54, 1.807) is 39.0 Å². The number of hydrogen-bond acceptors (Lipinski definition) is 6. The summed E-state index contributed by atoms with van der Waals surface area (Å²) < 4.78 is 16.3. The number of carbonyl (C=O) groups is 2. The molecule has 3 rings (SSSR count). The second kappa shape index (κ2) is 10.1. The Morgan fingerprint density at radius 1 is 1.03 bits per heavy atom. The van der Waals surface area contributed by atoms with Crippen molar-refractivity contribution in [3.63, 3.8) is 0 Å². The van der Waals surface area contributed by atoms with E-state index in [4.69, 9.17) is 13.9 Å². The van der Waals surface area contributed by atoms with Crippen molar-refractivity contribution in [2.45, 2.75) is 52.4 Å². The van der Waals surface area contributed by atoms with Crippen molar-refractivity contribution in [3.8, 4) is 5.75 Å². The quantitative estimate of drug-likeness (QED) is 0.428. The number of fused-ring (bicyclic) bond motifs is 1. The molecule has 0 bridgehead atoms. The summed E-state index contributed by atoms with van der Waals surface area (Å²) in [5, 5.41) is 3.52. The van der Waals surface area contributed by atoms with E-state index in [2.05, 4.69) is 5.32 Å². The molecule has 0 aliphatic carbocycles. The zero-order chi connectivity index (χ0) is 23.3. The fourth-order valence-electron chi connectivity index (χ4n) is 3.28. The molecule has 0 aliphatic rings. The molecule has 7 nitrogen and oxygen atoms in total. The fourth-order valence-corrected chi connectivity index (χ4v) is 3.28. The molecule has 0 saturated carbocycles. The van der Waals surface area contributed by atoms with Crippen LogP contribution in [0, 0.1) is 6.92 Å². The second-order valence-corrected chi connectivity index (χ2v) is 7.90. The normalized spacial score (nSPS) is 12.9. The summed E-state index contributed by atoms with van der Waals surface area (Å²) in [7, 11) is 0. The lowest BCUT2D eigenvalue weighted by Crippen LogP contribution is -2.48. The maximum atomic E-state index is 12.8. The topological polar surface area (TPSA) is 94.8 Å². The monoisotopic (exact) mass is 437 g/mol. The van der Waals surface area contributed by atoms with Gasteiger partial charge < -0.3 is 19.2 Å². The third kappa shape index (κ3) is 5.97. The maximum absolute atomic E-state index is 12.8. The number of ether oxygens (including phenoxy) is 2. The zero-order valence-electron chi connectivity index (χ0n) is 18.6. The second-order valence-electron chi connectivity index (χ2n) is 7.90. The SMILES string of the molecule is Cc1cc(=O)oc2cc(OC(C)C(=O)N[C@H](Cc3ccccc3)C(=O)OC(C)C)ccc12. The van der Waals surface area contributed by atoms with E-state index in [0.29, 0.717) is 17.8 Å². The van der Waals surface area contributed by atoms with Gasteiger partial charge in [-0.1, -0.05) is 30.3 Å². The molecule has 0 fully saturated rings.